The molecule has 4 aliphatic rings. The molecule has 2 heterocycles. The van der Waals surface area contributed by atoms with Gasteiger partial charge in [0.2, 0.25) is 0 Å². The Bertz CT molecular complexity index is 973. The molecule has 2 saturated carbocycles. The summed E-state index contributed by atoms with van der Waals surface area (Å²) in [6, 6.07) is 2.64. The molecule has 4 heteroatoms. The lowest BCUT2D eigenvalue weighted by molar-refractivity contribution is -0.117. The van der Waals surface area contributed by atoms with Gasteiger partial charge in [-0.25, -0.2) is 0 Å². The van der Waals surface area contributed by atoms with Gasteiger partial charge >= 0.3 is 0 Å². The standard InChI is InChI=1S/C31H47N3O/c1-6-26-22(3)29(24-10-11-24)27(23-8-9-23)16-25(26)18-33-19-31(7-2,20-33)17-28(32-5)34-14-12-30(4,21-35)13-15-34/h16,21,23-24H,6-15,17-20H2,1-5H3. The van der Waals surface area contributed by atoms with Crippen molar-refractivity contribution < 1.29 is 4.79 Å². The molecular formula is C31H47N3O. The van der Waals surface area contributed by atoms with Crippen molar-refractivity contribution in [3.05, 3.63) is 33.9 Å². The van der Waals surface area contributed by atoms with Crippen molar-refractivity contribution in [2.45, 2.75) is 104 Å². The van der Waals surface area contributed by atoms with Gasteiger partial charge in [-0.3, -0.25) is 9.89 Å². The van der Waals surface area contributed by atoms with E-state index in [0.29, 0.717) is 5.41 Å². The van der Waals surface area contributed by atoms with Crippen molar-refractivity contribution in [2.75, 3.05) is 33.2 Å². The van der Waals surface area contributed by atoms with E-state index in [2.05, 4.69) is 43.6 Å². The molecule has 192 valence electrons. The Hall–Kier alpha value is -1.68. The van der Waals surface area contributed by atoms with Crippen molar-refractivity contribution in [1.82, 2.24) is 9.80 Å². The van der Waals surface area contributed by atoms with Gasteiger partial charge < -0.3 is 9.69 Å². The molecule has 1 aromatic carbocycles. The number of carbonyl (C=O) groups excluding carboxylic acids is 1. The predicted molar refractivity (Wildman–Crippen MR) is 145 cm³/mol. The number of likely N-dealkylation sites (tertiary alicyclic amines) is 2. The minimum atomic E-state index is -0.144. The van der Waals surface area contributed by atoms with E-state index in [1.54, 1.807) is 27.8 Å². The number of benzene rings is 1. The highest BCUT2D eigenvalue weighted by atomic mass is 16.1. The summed E-state index contributed by atoms with van der Waals surface area (Å²) in [5.74, 6) is 2.95. The van der Waals surface area contributed by atoms with Gasteiger partial charge in [-0.2, -0.15) is 0 Å². The summed E-state index contributed by atoms with van der Waals surface area (Å²) in [7, 11) is 1.96. The zero-order valence-electron chi connectivity index (χ0n) is 23.0. The van der Waals surface area contributed by atoms with Gasteiger partial charge in [0.1, 0.15) is 6.29 Å². The van der Waals surface area contributed by atoms with Crippen molar-refractivity contribution in [3.63, 3.8) is 0 Å². The normalized spacial score (nSPS) is 24.4. The molecule has 0 bridgehead atoms. The Balaban J connectivity index is 1.26. The molecule has 0 amide bonds. The first-order valence-corrected chi connectivity index (χ1v) is 14.4. The number of aliphatic imine (C=N–C) groups is 1. The van der Waals surface area contributed by atoms with Crippen LogP contribution in [0.5, 0.6) is 0 Å². The second-order valence-corrected chi connectivity index (χ2v) is 12.6. The second-order valence-electron chi connectivity index (χ2n) is 12.6. The molecule has 0 atom stereocenters. The van der Waals surface area contributed by atoms with E-state index >= 15 is 0 Å². The van der Waals surface area contributed by atoms with Gasteiger partial charge in [0, 0.05) is 57.0 Å². The van der Waals surface area contributed by atoms with Crippen LogP contribution in [0, 0.1) is 17.8 Å². The summed E-state index contributed by atoms with van der Waals surface area (Å²) in [5.41, 5.74) is 8.53. The van der Waals surface area contributed by atoms with Crippen LogP contribution in [0.4, 0.5) is 0 Å². The van der Waals surface area contributed by atoms with Crippen LogP contribution >= 0.6 is 0 Å². The van der Waals surface area contributed by atoms with Crippen LogP contribution in [0.25, 0.3) is 0 Å². The average Bonchev–Trinajstić information content (AvgIpc) is 3.75. The van der Waals surface area contributed by atoms with E-state index in [1.807, 2.05) is 7.05 Å². The molecule has 0 aromatic heterocycles. The fourth-order valence-electron chi connectivity index (χ4n) is 7.03. The molecule has 5 rings (SSSR count). The number of hydrogen-bond donors (Lipinski definition) is 0. The van der Waals surface area contributed by atoms with Gasteiger partial charge in [-0.05, 0) is 97.9 Å². The maximum Gasteiger partial charge on any atom is 0.125 e. The largest absolute Gasteiger partial charge is 0.360 e. The fourth-order valence-corrected chi connectivity index (χ4v) is 7.03. The molecule has 0 radical (unpaired) electrons. The number of hydrogen-bond acceptors (Lipinski definition) is 3. The maximum absolute atomic E-state index is 11.5. The Morgan fingerprint density at radius 1 is 1.11 bits per heavy atom. The first kappa shape index (κ1) is 25.0. The lowest BCUT2D eigenvalue weighted by atomic mass is 9.73. The Kier molecular flexibility index (Phi) is 6.89. The number of carbonyl (C=O) groups is 1. The summed E-state index contributed by atoms with van der Waals surface area (Å²) < 4.78 is 0. The minimum Gasteiger partial charge on any atom is -0.360 e. The number of amidine groups is 1. The molecular weight excluding hydrogens is 430 g/mol. The van der Waals surface area contributed by atoms with Crippen LogP contribution in [0.15, 0.2) is 11.1 Å². The Labute approximate surface area is 213 Å². The molecule has 0 spiro atoms. The molecule has 2 aliphatic heterocycles. The molecule has 0 unspecified atom stereocenters. The quantitative estimate of drug-likeness (QED) is 0.240. The molecule has 1 aromatic rings. The van der Waals surface area contributed by atoms with E-state index in [1.165, 1.54) is 57.3 Å². The van der Waals surface area contributed by atoms with E-state index in [4.69, 9.17) is 4.99 Å². The highest BCUT2D eigenvalue weighted by molar-refractivity contribution is 5.83. The SMILES string of the molecule is CCc1c(CN2CC(CC)(CC(=NC)N3CCC(C)(C=O)CC3)C2)cc(C2CC2)c(C2CC2)c1C. The van der Waals surface area contributed by atoms with Crippen LogP contribution in [0.2, 0.25) is 0 Å². The highest BCUT2D eigenvalue weighted by Crippen LogP contribution is 2.52. The lowest BCUT2D eigenvalue weighted by Gasteiger charge is -2.52. The van der Waals surface area contributed by atoms with Crippen molar-refractivity contribution >= 4 is 12.1 Å². The summed E-state index contributed by atoms with van der Waals surface area (Å²) in [4.78, 5) is 21.4. The van der Waals surface area contributed by atoms with Gasteiger partial charge in [-0.15, -0.1) is 0 Å². The van der Waals surface area contributed by atoms with E-state index in [0.717, 1.165) is 57.2 Å². The first-order valence-electron chi connectivity index (χ1n) is 14.4. The van der Waals surface area contributed by atoms with Crippen LogP contribution in [-0.2, 0) is 17.8 Å². The van der Waals surface area contributed by atoms with Crippen LogP contribution in [-0.4, -0.2) is 55.1 Å². The van der Waals surface area contributed by atoms with E-state index in [-0.39, 0.29) is 5.41 Å². The van der Waals surface area contributed by atoms with Gasteiger partial charge in [0.15, 0.2) is 0 Å². The van der Waals surface area contributed by atoms with E-state index < -0.39 is 0 Å². The molecule has 35 heavy (non-hydrogen) atoms. The molecule has 4 fully saturated rings. The Morgan fingerprint density at radius 2 is 1.77 bits per heavy atom. The summed E-state index contributed by atoms with van der Waals surface area (Å²) in [6.07, 6.45) is 12.1. The minimum absolute atomic E-state index is 0.144. The van der Waals surface area contributed by atoms with E-state index in [9.17, 15) is 4.79 Å². The highest BCUT2D eigenvalue weighted by Gasteiger charge is 2.44. The average molecular weight is 478 g/mol. The number of nitrogens with zero attached hydrogens (tertiary/aromatic N) is 3. The zero-order valence-corrected chi connectivity index (χ0v) is 23.0. The predicted octanol–water partition coefficient (Wildman–Crippen LogP) is 6.24. The van der Waals surface area contributed by atoms with Crippen molar-refractivity contribution in [1.29, 1.82) is 0 Å². The third-order valence-electron chi connectivity index (χ3n) is 9.85. The van der Waals surface area contributed by atoms with Gasteiger partial charge in [0.05, 0.1) is 5.84 Å². The number of piperidine rings is 1. The molecule has 2 saturated heterocycles. The van der Waals surface area contributed by atoms with Crippen molar-refractivity contribution in [3.8, 4) is 0 Å². The monoisotopic (exact) mass is 477 g/mol. The smallest absolute Gasteiger partial charge is 0.125 e. The third kappa shape index (κ3) is 4.97. The topological polar surface area (TPSA) is 35.9 Å². The third-order valence-corrected chi connectivity index (χ3v) is 9.85. The zero-order chi connectivity index (χ0) is 24.8. The second kappa shape index (κ2) is 9.65. The molecule has 4 nitrogen and oxygen atoms in total. The lowest BCUT2D eigenvalue weighted by Crippen LogP contribution is -2.57. The molecule has 0 N–H and O–H groups in total. The van der Waals surface area contributed by atoms with Crippen LogP contribution in [0.3, 0.4) is 0 Å². The summed E-state index contributed by atoms with van der Waals surface area (Å²) in [6.45, 7) is 14.6. The van der Waals surface area contributed by atoms with Crippen LogP contribution in [0.1, 0.15) is 112 Å². The van der Waals surface area contributed by atoms with Gasteiger partial charge in [-0.1, -0.05) is 26.8 Å². The summed E-state index contributed by atoms with van der Waals surface area (Å²) in [5, 5.41) is 0. The fraction of sp³-hybridized carbons (Fsp3) is 0.742. The van der Waals surface area contributed by atoms with Crippen LogP contribution < -0.4 is 0 Å². The molecule has 2 aliphatic carbocycles. The first-order chi connectivity index (χ1) is 16.8. The number of aldehydes is 1. The summed E-state index contributed by atoms with van der Waals surface area (Å²) >= 11 is 0. The number of rotatable bonds is 9. The van der Waals surface area contributed by atoms with Crippen molar-refractivity contribution in [2.24, 2.45) is 15.8 Å². The Morgan fingerprint density at radius 3 is 2.29 bits per heavy atom. The van der Waals surface area contributed by atoms with Gasteiger partial charge in [0.25, 0.3) is 0 Å². The maximum atomic E-state index is 11.5.